The minimum atomic E-state index is -0.0399. The third-order valence-electron chi connectivity index (χ3n) is 3.11. The molecule has 104 valence electrons. The van der Waals surface area contributed by atoms with Crippen molar-refractivity contribution >= 4 is 21.8 Å². The van der Waals surface area contributed by atoms with Crippen LogP contribution >= 0.6 is 15.9 Å². The first-order valence-corrected chi connectivity index (χ1v) is 7.14. The number of ether oxygens (including phenoxy) is 1. The number of aromatic nitrogens is 1. The lowest BCUT2D eigenvalue weighted by molar-refractivity contribution is -0.00565. The van der Waals surface area contributed by atoms with Gasteiger partial charge in [-0.05, 0) is 40.9 Å². The highest BCUT2D eigenvalue weighted by Crippen LogP contribution is 2.16. The van der Waals surface area contributed by atoms with Gasteiger partial charge in [-0.25, -0.2) is 4.98 Å². The van der Waals surface area contributed by atoms with Gasteiger partial charge in [0.25, 0.3) is 5.91 Å². The number of aliphatic hydroxyl groups excluding tert-OH is 1. The first-order valence-electron chi connectivity index (χ1n) is 6.35. The van der Waals surface area contributed by atoms with Crippen molar-refractivity contribution in [2.45, 2.75) is 18.9 Å². The second kappa shape index (κ2) is 6.98. The molecule has 1 aliphatic heterocycles. The number of likely N-dealkylation sites (tertiary alicyclic amines) is 1. The van der Waals surface area contributed by atoms with Gasteiger partial charge in [-0.3, -0.25) is 4.79 Å². The first kappa shape index (κ1) is 14.4. The molecule has 0 aromatic carbocycles. The molecule has 0 radical (unpaired) electrons. The maximum absolute atomic E-state index is 12.2. The van der Waals surface area contributed by atoms with Crippen LogP contribution in [0, 0.1) is 0 Å². The van der Waals surface area contributed by atoms with Crippen molar-refractivity contribution in [1.82, 2.24) is 9.88 Å². The summed E-state index contributed by atoms with van der Waals surface area (Å²) in [4.78, 5) is 18.2. The highest BCUT2D eigenvalue weighted by Gasteiger charge is 2.24. The highest BCUT2D eigenvalue weighted by atomic mass is 79.9. The van der Waals surface area contributed by atoms with Gasteiger partial charge in [0.15, 0.2) is 0 Å². The van der Waals surface area contributed by atoms with E-state index in [0.717, 1.165) is 12.8 Å². The van der Waals surface area contributed by atoms with Crippen molar-refractivity contribution in [2.75, 3.05) is 26.3 Å². The zero-order valence-electron chi connectivity index (χ0n) is 10.6. The number of aliphatic hydroxyl groups is 1. The molecule has 0 spiro atoms. The number of carbonyl (C=O) groups is 1. The predicted molar refractivity (Wildman–Crippen MR) is 73.9 cm³/mol. The summed E-state index contributed by atoms with van der Waals surface area (Å²) in [6.07, 6.45) is 1.76. The summed E-state index contributed by atoms with van der Waals surface area (Å²) in [6, 6.07) is 5.33. The van der Waals surface area contributed by atoms with Gasteiger partial charge >= 0.3 is 0 Å². The molecule has 0 atom stereocenters. The van der Waals surface area contributed by atoms with E-state index < -0.39 is 0 Å². The van der Waals surface area contributed by atoms with Gasteiger partial charge in [-0.2, -0.15) is 0 Å². The van der Waals surface area contributed by atoms with E-state index in [1.807, 2.05) is 0 Å². The Morgan fingerprint density at radius 3 is 2.84 bits per heavy atom. The summed E-state index contributed by atoms with van der Waals surface area (Å²) in [5.74, 6) is -0.0399. The third kappa shape index (κ3) is 3.99. The molecular formula is C13H17BrN2O3. The second-order valence-corrected chi connectivity index (χ2v) is 5.24. The topological polar surface area (TPSA) is 62.7 Å². The largest absolute Gasteiger partial charge is 0.394 e. The van der Waals surface area contributed by atoms with Gasteiger partial charge in [0.1, 0.15) is 10.3 Å². The number of pyridine rings is 1. The van der Waals surface area contributed by atoms with Crippen LogP contribution in [0.25, 0.3) is 0 Å². The number of nitrogens with zero attached hydrogens (tertiary/aromatic N) is 2. The number of halogens is 1. The molecule has 0 unspecified atom stereocenters. The molecule has 5 nitrogen and oxygen atoms in total. The molecule has 1 saturated heterocycles. The Labute approximate surface area is 120 Å². The fraction of sp³-hybridized carbons (Fsp3) is 0.538. The second-order valence-electron chi connectivity index (χ2n) is 4.43. The Hall–Kier alpha value is -0.980. The summed E-state index contributed by atoms with van der Waals surface area (Å²) in [7, 11) is 0. The Morgan fingerprint density at radius 1 is 1.47 bits per heavy atom. The monoisotopic (exact) mass is 328 g/mol. The lowest BCUT2D eigenvalue weighted by atomic mass is 10.1. The Morgan fingerprint density at radius 2 is 2.21 bits per heavy atom. The quantitative estimate of drug-likeness (QED) is 0.850. The number of carbonyl (C=O) groups excluding carboxylic acids is 1. The van der Waals surface area contributed by atoms with E-state index >= 15 is 0 Å². The van der Waals surface area contributed by atoms with E-state index in [0.29, 0.717) is 30.0 Å². The van der Waals surface area contributed by atoms with Crippen molar-refractivity contribution in [1.29, 1.82) is 0 Å². The average molecular weight is 329 g/mol. The highest BCUT2D eigenvalue weighted by molar-refractivity contribution is 9.10. The smallest absolute Gasteiger partial charge is 0.272 e. The van der Waals surface area contributed by atoms with Crippen LogP contribution in [-0.2, 0) is 4.74 Å². The van der Waals surface area contributed by atoms with Crippen LogP contribution in [0.1, 0.15) is 23.3 Å². The molecule has 6 heteroatoms. The first-order chi connectivity index (χ1) is 9.20. The molecule has 0 aliphatic carbocycles. The molecule has 1 amide bonds. The van der Waals surface area contributed by atoms with Crippen LogP contribution in [0.4, 0.5) is 0 Å². The molecule has 2 rings (SSSR count). The van der Waals surface area contributed by atoms with Crippen LogP contribution in [-0.4, -0.2) is 53.3 Å². The van der Waals surface area contributed by atoms with Crippen molar-refractivity contribution in [3.8, 4) is 0 Å². The van der Waals surface area contributed by atoms with E-state index in [-0.39, 0.29) is 18.6 Å². The Balaban J connectivity index is 1.89. The molecule has 0 bridgehead atoms. The summed E-state index contributed by atoms with van der Waals surface area (Å²) in [5, 5.41) is 8.71. The zero-order chi connectivity index (χ0) is 13.7. The normalized spacial score (nSPS) is 16.6. The van der Waals surface area contributed by atoms with E-state index in [4.69, 9.17) is 9.84 Å². The number of piperidine rings is 1. The SMILES string of the molecule is O=C(c1cccc(Br)n1)N1CCC(OCCO)CC1. The van der Waals surface area contributed by atoms with Gasteiger partial charge < -0.3 is 14.7 Å². The number of hydrogen-bond acceptors (Lipinski definition) is 4. The summed E-state index contributed by atoms with van der Waals surface area (Å²) < 4.78 is 6.14. The van der Waals surface area contributed by atoms with Crippen LogP contribution in [0.5, 0.6) is 0 Å². The van der Waals surface area contributed by atoms with Gasteiger partial charge in [0, 0.05) is 13.1 Å². The van der Waals surface area contributed by atoms with Crippen molar-refractivity contribution < 1.29 is 14.6 Å². The van der Waals surface area contributed by atoms with Crippen LogP contribution in [0.3, 0.4) is 0 Å². The van der Waals surface area contributed by atoms with Crippen LogP contribution < -0.4 is 0 Å². The maximum atomic E-state index is 12.2. The fourth-order valence-corrected chi connectivity index (χ4v) is 2.48. The standard InChI is InChI=1S/C13H17BrN2O3/c14-12-3-1-2-11(15-12)13(18)16-6-4-10(5-7-16)19-9-8-17/h1-3,10,17H,4-9H2. The lowest BCUT2D eigenvalue weighted by Gasteiger charge is -2.31. The Bertz CT molecular complexity index is 434. The van der Waals surface area contributed by atoms with Crippen LogP contribution in [0.15, 0.2) is 22.8 Å². The van der Waals surface area contributed by atoms with Crippen molar-refractivity contribution in [2.24, 2.45) is 0 Å². The van der Waals surface area contributed by atoms with Gasteiger partial charge in [-0.1, -0.05) is 6.07 Å². The molecule has 1 aliphatic rings. The van der Waals surface area contributed by atoms with Crippen LogP contribution in [0.2, 0.25) is 0 Å². The third-order valence-corrected chi connectivity index (χ3v) is 3.55. The fourth-order valence-electron chi connectivity index (χ4n) is 2.13. The molecule has 2 heterocycles. The molecule has 1 N–H and O–H groups in total. The molecule has 1 aromatic heterocycles. The van der Waals surface area contributed by atoms with Crippen molar-refractivity contribution in [3.05, 3.63) is 28.5 Å². The minimum Gasteiger partial charge on any atom is -0.394 e. The Kier molecular flexibility index (Phi) is 5.30. The summed E-state index contributed by atoms with van der Waals surface area (Å²) in [6.45, 7) is 1.75. The molecule has 0 saturated carbocycles. The van der Waals surface area contributed by atoms with E-state index in [9.17, 15) is 4.79 Å². The van der Waals surface area contributed by atoms with E-state index in [2.05, 4.69) is 20.9 Å². The van der Waals surface area contributed by atoms with E-state index in [1.165, 1.54) is 0 Å². The number of hydrogen-bond donors (Lipinski definition) is 1. The summed E-state index contributed by atoms with van der Waals surface area (Å²) >= 11 is 3.27. The maximum Gasteiger partial charge on any atom is 0.272 e. The molecule has 19 heavy (non-hydrogen) atoms. The van der Waals surface area contributed by atoms with Gasteiger partial charge in [0.05, 0.1) is 19.3 Å². The number of rotatable bonds is 4. The van der Waals surface area contributed by atoms with Crippen molar-refractivity contribution in [3.63, 3.8) is 0 Å². The number of amides is 1. The molecular weight excluding hydrogens is 312 g/mol. The predicted octanol–water partition coefficient (Wildman–Crippen LogP) is 1.46. The summed E-state index contributed by atoms with van der Waals surface area (Å²) in [5.41, 5.74) is 0.462. The average Bonchev–Trinajstić information content (AvgIpc) is 2.45. The van der Waals surface area contributed by atoms with Gasteiger partial charge in [-0.15, -0.1) is 0 Å². The lowest BCUT2D eigenvalue weighted by Crippen LogP contribution is -2.41. The zero-order valence-corrected chi connectivity index (χ0v) is 12.2. The minimum absolute atomic E-state index is 0.0399. The molecule has 1 fully saturated rings. The van der Waals surface area contributed by atoms with Gasteiger partial charge in [0.2, 0.25) is 0 Å². The molecule has 1 aromatic rings. The van der Waals surface area contributed by atoms with E-state index in [1.54, 1.807) is 23.1 Å².